The highest BCUT2D eigenvalue weighted by molar-refractivity contribution is 6.04. The van der Waals surface area contributed by atoms with Crippen molar-refractivity contribution in [2.24, 2.45) is 5.92 Å². The standard InChI is InChI=1S/C24H34N4O3/c1-4-5-8-13-28-24(31)20-10-7-6-9-19(20)22(26-28)23(30)25-18-11-14-27(15-12-18)21(29)16-17(2)3/h6-7,9-10,17-18H,4-5,8,11-16H2,1-3H3,(H,25,30). The molecule has 2 aromatic rings. The summed E-state index contributed by atoms with van der Waals surface area (Å²) in [6, 6.07) is 7.16. The van der Waals surface area contributed by atoms with E-state index in [2.05, 4.69) is 17.3 Å². The first-order chi connectivity index (χ1) is 14.9. The summed E-state index contributed by atoms with van der Waals surface area (Å²) in [6.07, 6.45) is 4.93. The summed E-state index contributed by atoms with van der Waals surface area (Å²) in [5.41, 5.74) is 0.144. The third-order valence-corrected chi connectivity index (χ3v) is 5.82. The van der Waals surface area contributed by atoms with Gasteiger partial charge in [-0.1, -0.05) is 51.8 Å². The number of hydrogen-bond donors (Lipinski definition) is 1. The van der Waals surface area contributed by atoms with Crippen molar-refractivity contribution in [1.29, 1.82) is 0 Å². The van der Waals surface area contributed by atoms with Gasteiger partial charge in [0, 0.05) is 37.5 Å². The Morgan fingerprint density at radius 3 is 2.45 bits per heavy atom. The van der Waals surface area contributed by atoms with E-state index in [1.165, 1.54) is 4.68 Å². The number of carbonyl (C=O) groups excluding carboxylic acids is 2. The van der Waals surface area contributed by atoms with E-state index in [-0.39, 0.29) is 23.4 Å². The Kier molecular flexibility index (Phi) is 7.82. The normalized spacial score (nSPS) is 14.9. The lowest BCUT2D eigenvalue weighted by molar-refractivity contribution is -0.133. The van der Waals surface area contributed by atoms with Crippen LogP contribution < -0.4 is 10.9 Å². The minimum absolute atomic E-state index is 0.00312. The van der Waals surface area contributed by atoms with Crippen molar-refractivity contribution in [1.82, 2.24) is 20.0 Å². The highest BCUT2D eigenvalue weighted by Gasteiger charge is 2.26. The van der Waals surface area contributed by atoms with Crippen molar-refractivity contribution in [3.05, 3.63) is 40.3 Å². The minimum atomic E-state index is -0.257. The van der Waals surface area contributed by atoms with Gasteiger partial charge in [0.15, 0.2) is 5.69 Å². The Morgan fingerprint density at radius 2 is 1.81 bits per heavy atom. The van der Waals surface area contributed by atoms with Crippen LogP contribution in [0.1, 0.15) is 69.8 Å². The van der Waals surface area contributed by atoms with E-state index >= 15 is 0 Å². The molecule has 31 heavy (non-hydrogen) atoms. The molecule has 0 aliphatic carbocycles. The van der Waals surface area contributed by atoms with E-state index in [0.29, 0.717) is 48.4 Å². The van der Waals surface area contributed by atoms with Crippen LogP contribution in [-0.4, -0.2) is 45.6 Å². The number of amides is 2. The Balaban J connectivity index is 1.73. The summed E-state index contributed by atoms with van der Waals surface area (Å²) in [6.45, 7) is 8.02. The lowest BCUT2D eigenvalue weighted by atomic mass is 10.0. The lowest BCUT2D eigenvalue weighted by Crippen LogP contribution is -2.47. The molecule has 0 atom stereocenters. The van der Waals surface area contributed by atoms with E-state index in [9.17, 15) is 14.4 Å². The van der Waals surface area contributed by atoms with Crippen LogP contribution in [0.5, 0.6) is 0 Å². The molecule has 1 aliphatic heterocycles. The third-order valence-electron chi connectivity index (χ3n) is 5.82. The molecule has 2 heterocycles. The molecular weight excluding hydrogens is 392 g/mol. The molecule has 1 aliphatic rings. The summed E-state index contributed by atoms with van der Waals surface area (Å²) in [5.74, 6) is 0.274. The van der Waals surface area contributed by atoms with Crippen molar-refractivity contribution in [3.63, 3.8) is 0 Å². The smallest absolute Gasteiger partial charge is 0.274 e. The summed E-state index contributed by atoms with van der Waals surface area (Å²) < 4.78 is 1.43. The number of aryl methyl sites for hydroxylation is 1. The number of benzene rings is 1. The van der Waals surface area contributed by atoms with Gasteiger partial charge in [0.2, 0.25) is 5.91 Å². The number of nitrogens with one attached hydrogen (secondary N) is 1. The van der Waals surface area contributed by atoms with Crippen molar-refractivity contribution < 1.29 is 9.59 Å². The van der Waals surface area contributed by atoms with Crippen molar-refractivity contribution in [2.75, 3.05) is 13.1 Å². The van der Waals surface area contributed by atoms with Gasteiger partial charge in [0.25, 0.3) is 11.5 Å². The van der Waals surface area contributed by atoms with Crippen LogP contribution in [0, 0.1) is 5.92 Å². The van der Waals surface area contributed by atoms with Gasteiger partial charge in [-0.05, 0) is 31.2 Å². The summed E-state index contributed by atoms with van der Waals surface area (Å²) in [7, 11) is 0. The van der Waals surface area contributed by atoms with Crippen LogP contribution in [0.15, 0.2) is 29.1 Å². The summed E-state index contributed by atoms with van der Waals surface area (Å²) in [5, 5.41) is 8.63. The van der Waals surface area contributed by atoms with E-state index < -0.39 is 0 Å². The second kappa shape index (κ2) is 10.6. The lowest BCUT2D eigenvalue weighted by Gasteiger charge is -2.32. The minimum Gasteiger partial charge on any atom is -0.348 e. The first kappa shape index (κ1) is 23.0. The largest absolute Gasteiger partial charge is 0.348 e. The topological polar surface area (TPSA) is 84.3 Å². The van der Waals surface area contributed by atoms with Crippen LogP contribution in [0.2, 0.25) is 0 Å². The molecule has 0 saturated carbocycles. The fourth-order valence-corrected chi connectivity index (χ4v) is 4.07. The van der Waals surface area contributed by atoms with Gasteiger partial charge in [-0.3, -0.25) is 14.4 Å². The number of piperidine rings is 1. The van der Waals surface area contributed by atoms with Gasteiger partial charge in [0.1, 0.15) is 0 Å². The molecule has 0 radical (unpaired) electrons. The SMILES string of the molecule is CCCCCn1nc(C(=O)NC2CCN(C(=O)CC(C)C)CC2)c2ccccc2c1=O. The second-order valence-corrected chi connectivity index (χ2v) is 8.86. The van der Waals surface area contributed by atoms with Crippen LogP contribution >= 0.6 is 0 Å². The van der Waals surface area contributed by atoms with Crippen LogP contribution in [0.4, 0.5) is 0 Å². The van der Waals surface area contributed by atoms with Gasteiger partial charge in [-0.25, -0.2) is 4.68 Å². The fraction of sp³-hybridized carbons (Fsp3) is 0.583. The van der Waals surface area contributed by atoms with Crippen molar-refractivity contribution >= 4 is 22.6 Å². The van der Waals surface area contributed by atoms with Crippen molar-refractivity contribution in [3.8, 4) is 0 Å². The molecule has 7 heteroatoms. The number of nitrogens with zero attached hydrogens (tertiary/aromatic N) is 3. The van der Waals surface area contributed by atoms with Gasteiger partial charge in [0.05, 0.1) is 5.39 Å². The zero-order chi connectivity index (χ0) is 22.4. The zero-order valence-electron chi connectivity index (χ0n) is 18.9. The summed E-state index contributed by atoms with van der Waals surface area (Å²) >= 11 is 0. The monoisotopic (exact) mass is 426 g/mol. The predicted molar refractivity (Wildman–Crippen MR) is 122 cm³/mol. The first-order valence-corrected chi connectivity index (χ1v) is 11.5. The molecule has 1 N–H and O–H groups in total. The number of carbonyl (C=O) groups is 2. The maximum absolute atomic E-state index is 13.1. The molecule has 168 valence electrons. The molecule has 1 fully saturated rings. The Bertz CT molecular complexity index is 974. The maximum Gasteiger partial charge on any atom is 0.274 e. The fourth-order valence-electron chi connectivity index (χ4n) is 4.07. The number of aromatic nitrogens is 2. The number of unbranched alkanes of at least 4 members (excludes halogenated alkanes) is 2. The summed E-state index contributed by atoms with van der Waals surface area (Å²) in [4.78, 5) is 40.1. The highest BCUT2D eigenvalue weighted by Crippen LogP contribution is 2.17. The van der Waals surface area contributed by atoms with E-state index in [4.69, 9.17) is 0 Å². The second-order valence-electron chi connectivity index (χ2n) is 8.86. The number of rotatable bonds is 8. The van der Waals surface area contributed by atoms with Gasteiger partial charge < -0.3 is 10.2 Å². The number of fused-ring (bicyclic) bond motifs is 1. The molecule has 1 aromatic carbocycles. The molecule has 0 spiro atoms. The predicted octanol–water partition coefficient (Wildman–Crippen LogP) is 3.35. The molecule has 1 saturated heterocycles. The maximum atomic E-state index is 13.1. The van der Waals surface area contributed by atoms with Crippen LogP contribution in [0.3, 0.4) is 0 Å². The molecule has 0 bridgehead atoms. The van der Waals surface area contributed by atoms with Gasteiger partial charge in [-0.15, -0.1) is 0 Å². The number of hydrogen-bond acceptors (Lipinski definition) is 4. The zero-order valence-corrected chi connectivity index (χ0v) is 18.9. The van der Waals surface area contributed by atoms with E-state index in [1.807, 2.05) is 30.9 Å². The van der Waals surface area contributed by atoms with E-state index in [1.54, 1.807) is 12.1 Å². The molecular formula is C24H34N4O3. The van der Waals surface area contributed by atoms with Crippen LogP contribution in [-0.2, 0) is 11.3 Å². The molecule has 7 nitrogen and oxygen atoms in total. The average Bonchev–Trinajstić information content (AvgIpc) is 2.75. The van der Waals surface area contributed by atoms with Gasteiger partial charge in [-0.2, -0.15) is 5.10 Å². The molecule has 0 unspecified atom stereocenters. The Morgan fingerprint density at radius 1 is 1.13 bits per heavy atom. The molecule has 3 rings (SSSR count). The van der Waals surface area contributed by atoms with Crippen LogP contribution in [0.25, 0.3) is 10.8 Å². The highest BCUT2D eigenvalue weighted by atomic mass is 16.2. The first-order valence-electron chi connectivity index (χ1n) is 11.5. The molecule has 1 aromatic heterocycles. The Hall–Kier alpha value is -2.70. The Labute approximate surface area is 183 Å². The van der Waals surface area contributed by atoms with E-state index in [0.717, 1.165) is 32.1 Å². The average molecular weight is 427 g/mol. The quantitative estimate of drug-likeness (QED) is 0.656. The van der Waals surface area contributed by atoms with Gasteiger partial charge >= 0.3 is 0 Å². The van der Waals surface area contributed by atoms with Crippen molar-refractivity contribution in [2.45, 2.75) is 71.9 Å². The third kappa shape index (κ3) is 5.71. The molecule has 2 amide bonds. The number of likely N-dealkylation sites (tertiary alicyclic amines) is 1.